The largest absolute Gasteiger partial charge is 0.497 e. The van der Waals surface area contributed by atoms with Crippen LogP contribution < -0.4 is 14.8 Å². The van der Waals surface area contributed by atoms with E-state index in [0.717, 1.165) is 5.75 Å². The minimum Gasteiger partial charge on any atom is -0.497 e. The molecule has 4 rings (SSSR count). The Morgan fingerprint density at radius 1 is 0.909 bits per heavy atom. The fraction of sp³-hybridized carbons (Fsp3) is 0.0769. The molecule has 0 atom stereocenters. The summed E-state index contributed by atoms with van der Waals surface area (Å²) in [5.41, 5.74) is 1.12. The number of hydrogen-bond donors (Lipinski definition) is 1. The van der Waals surface area contributed by atoms with Gasteiger partial charge in [-0.15, -0.1) is 0 Å². The quantitative estimate of drug-likeness (QED) is 0.325. The highest BCUT2D eigenvalue weighted by atomic mass is 35.5. The molecule has 0 radical (unpaired) electrons. The first-order valence-corrected chi connectivity index (χ1v) is 10.5. The van der Waals surface area contributed by atoms with Gasteiger partial charge in [0, 0.05) is 16.1 Å². The number of halogens is 1. The lowest BCUT2D eigenvalue weighted by Crippen LogP contribution is -2.14. The van der Waals surface area contributed by atoms with Crippen LogP contribution in [0.15, 0.2) is 89.3 Å². The molecule has 0 unspecified atom stereocenters. The Labute approximate surface area is 195 Å². The summed E-state index contributed by atoms with van der Waals surface area (Å²) in [6.07, 6.45) is 0. The van der Waals surface area contributed by atoms with E-state index >= 15 is 0 Å². The highest BCUT2D eigenvalue weighted by Crippen LogP contribution is 2.25. The molecule has 0 fully saturated rings. The topological polar surface area (TPSA) is 77.8 Å². The van der Waals surface area contributed by atoms with Gasteiger partial charge in [-0.3, -0.25) is 9.59 Å². The number of anilines is 1. The molecular formula is C26H20ClNO5. The van der Waals surface area contributed by atoms with Crippen LogP contribution in [-0.2, 0) is 6.61 Å². The van der Waals surface area contributed by atoms with Crippen molar-refractivity contribution in [3.05, 3.63) is 113 Å². The smallest absolute Gasteiger partial charge is 0.291 e. The van der Waals surface area contributed by atoms with Crippen LogP contribution in [-0.4, -0.2) is 18.8 Å². The Kier molecular flexibility index (Phi) is 6.76. The summed E-state index contributed by atoms with van der Waals surface area (Å²) in [6.45, 7) is 0.151. The molecule has 3 aromatic carbocycles. The average Bonchev–Trinajstić information content (AvgIpc) is 3.33. The van der Waals surface area contributed by atoms with Crippen molar-refractivity contribution in [2.24, 2.45) is 0 Å². The molecule has 0 spiro atoms. The fourth-order valence-electron chi connectivity index (χ4n) is 3.15. The molecule has 0 bridgehead atoms. The van der Waals surface area contributed by atoms with Gasteiger partial charge >= 0.3 is 0 Å². The first-order valence-electron chi connectivity index (χ1n) is 10.1. The third-order valence-corrected chi connectivity index (χ3v) is 5.07. The highest BCUT2D eigenvalue weighted by Gasteiger charge is 2.18. The van der Waals surface area contributed by atoms with Crippen molar-refractivity contribution in [3.8, 4) is 11.5 Å². The van der Waals surface area contributed by atoms with Crippen LogP contribution in [0.25, 0.3) is 0 Å². The normalized spacial score (nSPS) is 10.5. The molecule has 33 heavy (non-hydrogen) atoms. The van der Waals surface area contributed by atoms with Crippen LogP contribution in [0.4, 0.5) is 5.69 Å². The van der Waals surface area contributed by atoms with Crippen LogP contribution in [0.5, 0.6) is 11.5 Å². The minimum absolute atomic E-state index is 0.0939. The summed E-state index contributed by atoms with van der Waals surface area (Å²) in [7, 11) is 1.59. The maximum Gasteiger partial charge on any atom is 0.291 e. The van der Waals surface area contributed by atoms with Gasteiger partial charge in [0.15, 0.2) is 11.5 Å². The van der Waals surface area contributed by atoms with Crippen LogP contribution in [0, 0.1) is 0 Å². The number of benzene rings is 3. The number of methoxy groups -OCH3 is 1. The van der Waals surface area contributed by atoms with Crippen LogP contribution in [0.3, 0.4) is 0 Å². The van der Waals surface area contributed by atoms with E-state index < -0.39 is 5.91 Å². The lowest BCUT2D eigenvalue weighted by Gasteiger charge is -2.10. The fourth-order valence-corrected chi connectivity index (χ4v) is 3.32. The second-order valence-electron chi connectivity index (χ2n) is 7.07. The number of ether oxygens (including phenoxy) is 2. The standard InChI is InChI=1S/C26H20ClNO5/c1-31-19-8-10-20(11-9-19)32-16-21-12-14-24(33-21)26(30)28-23-13-7-18(27)15-22(23)25(29)17-5-3-2-4-6-17/h2-15H,16H2,1H3,(H,28,30). The summed E-state index contributed by atoms with van der Waals surface area (Å²) in [5.74, 6) is 1.20. The number of furan rings is 1. The Morgan fingerprint density at radius 3 is 2.36 bits per heavy atom. The van der Waals surface area contributed by atoms with E-state index in [-0.39, 0.29) is 23.7 Å². The van der Waals surface area contributed by atoms with E-state index in [9.17, 15) is 9.59 Å². The summed E-state index contributed by atoms with van der Waals surface area (Å²) in [6, 6.07) is 23.9. The van der Waals surface area contributed by atoms with Crippen molar-refractivity contribution in [2.45, 2.75) is 6.61 Å². The zero-order chi connectivity index (χ0) is 23.2. The maximum atomic E-state index is 12.9. The third-order valence-electron chi connectivity index (χ3n) is 4.84. The van der Waals surface area contributed by atoms with E-state index in [1.54, 1.807) is 79.9 Å². The monoisotopic (exact) mass is 461 g/mol. The van der Waals surface area contributed by atoms with Crippen LogP contribution >= 0.6 is 11.6 Å². The van der Waals surface area contributed by atoms with Gasteiger partial charge in [0.1, 0.15) is 23.9 Å². The number of carbonyl (C=O) groups is 2. The van der Waals surface area contributed by atoms with E-state index in [1.165, 1.54) is 6.07 Å². The molecule has 6 nitrogen and oxygen atoms in total. The van der Waals surface area contributed by atoms with Crippen molar-refractivity contribution >= 4 is 29.0 Å². The van der Waals surface area contributed by atoms with E-state index in [1.807, 2.05) is 6.07 Å². The van der Waals surface area contributed by atoms with Crippen LogP contribution in [0.2, 0.25) is 5.02 Å². The average molecular weight is 462 g/mol. The number of hydrogen-bond acceptors (Lipinski definition) is 5. The molecule has 0 aliphatic heterocycles. The summed E-state index contributed by atoms with van der Waals surface area (Å²) in [4.78, 5) is 25.7. The lowest BCUT2D eigenvalue weighted by molar-refractivity contribution is 0.0992. The molecule has 1 aromatic heterocycles. The van der Waals surface area contributed by atoms with E-state index in [2.05, 4.69) is 5.32 Å². The van der Waals surface area contributed by atoms with E-state index in [0.29, 0.717) is 27.8 Å². The molecule has 0 saturated heterocycles. The molecule has 1 heterocycles. The van der Waals surface area contributed by atoms with Gasteiger partial charge < -0.3 is 19.2 Å². The number of ketones is 1. The van der Waals surface area contributed by atoms with E-state index in [4.69, 9.17) is 25.5 Å². The second-order valence-corrected chi connectivity index (χ2v) is 7.51. The van der Waals surface area contributed by atoms with Gasteiger partial charge in [-0.1, -0.05) is 41.9 Å². The molecule has 1 amide bonds. The second kappa shape index (κ2) is 10.1. The number of rotatable bonds is 8. The third kappa shape index (κ3) is 5.42. The molecule has 0 saturated carbocycles. The summed E-state index contributed by atoms with van der Waals surface area (Å²) in [5, 5.41) is 3.13. The Morgan fingerprint density at radius 2 is 1.64 bits per heavy atom. The van der Waals surface area contributed by atoms with Gasteiger partial charge in [0.2, 0.25) is 0 Å². The molecule has 166 valence electrons. The molecule has 1 N–H and O–H groups in total. The van der Waals surface area contributed by atoms with Crippen molar-refractivity contribution in [1.82, 2.24) is 0 Å². The zero-order valence-corrected chi connectivity index (χ0v) is 18.5. The Bertz CT molecular complexity index is 1270. The summed E-state index contributed by atoms with van der Waals surface area (Å²) >= 11 is 6.10. The van der Waals surface area contributed by atoms with Crippen molar-refractivity contribution in [2.75, 3.05) is 12.4 Å². The first-order chi connectivity index (χ1) is 16.0. The highest BCUT2D eigenvalue weighted by molar-refractivity contribution is 6.31. The predicted octanol–water partition coefficient (Wildman–Crippen LogP) is 6.00. The number of amides is 1. The van der Waals surface area contributed by atoms with Gasteiger partial charge in [-0.05, 0) is 54.6 Å². The van der Waals surface area contributed by atoms with Gasteiger partial charge in [0.25, 0.3) is 5.91 Å². The Hall–Kier alpha value is -4.03. The van der Waals surface area contributed by atoms with Crippen molar-refractivity contribution in [1.29, 1.82) is 0 Å². The van der Waals surface area contributed by atoms with Gasteiger partial charge in [-0.2, -0.15) is 0 Å². The molecule has 0 aliphatic rings. The minimum atomic E-state index is -0.491. The molecular weight excluding hydrogens is 442 g/mol. The van der Waals surface area contributed by atoms with Crippen LogP contribution in [0.1, 0.15) is 32.2 Å². The summed E-state index contributed by atoms with van der Waals surface area (Å²) < 4.78 is 16.4. The first kappa shape index (κ1) is 22.2. The SMILES string of the molecule is COc1ccc(OCc2ccc(C(=O)Nc3ccc(Cl)cc3C(=O)c3ccccc3)o2)cc1. The Balaban J connectivity index is 1.45. The molecule has 0 aliphatic carbocycles. The van der Waals surface area contributed by atoms with Gasteiger partial charge in [0.05, 0.1) is 12.8 Å². The number of carbonyl (C=O) groups excluding carboxylic acids is 2. The van der Waals surface area contributed by atoms with Gasteiger partial charge in [-0.25, -0.2) is 0 Å². The molecule has 7 heteroatoms. The number of nitrogens with one attached hydrogen (secondary N) is 1. The maximum absolute atomic E-state index is 12.9. The molecule has 4 aromatic rings. The van der Waals surface area contributed by atoms with Crippen molar-refractivity contribution in [3.63, 3.8) is 0 Å². The predicted molar refractivity (Wildman–Crippen MR) is 125 cm³/mol. The zero-order valence-electron chi connectivity index (χ0n) is 17.7. The lowest BCUT2D eigenvalue weighted by atomic mass is 10.0. The van der Waals surface area contributed by atoms with Crippen molar-refractivity contribution < 1.29 is 23.5 Å².